The number of hydrogen-bond acceptors (Lipinski definition) is 7. The minimum Gasteiger partial charge on any atom is -0.465 e. The van der Waals surface area contributed by atoms with Gasteiger partial charge in [0.05, 0.1) is 25.3 Å². The van der Waals surface area contributed by atoms with Crippen molar-refractivity contribution in [2.24, 2.45) is 5.92 Å². The first-order valence-electron chi connectivity index (χ1n) is 13.3. The van der Waals surface area contributed by atoms with Gasteiger partial charge in [-0.25, -0.2) is 9.59 Å². The van der Waals surface area contributed by atoms with E-state index in [1.54, 1.807) is 36.2 Å². The summed E-state index contributed by atoms with van der Waals surface area (Å²) in [6.07, 6.45) is 0.422. The highest BCUT2D eigenvalue weighted by atomic mass is 35.5. The molecule has 0 saturated carbocycles. The van der Waals surface area contributed by atoms with Crippen LogP contribution in [0.2, 0.25) is 5.02 Å². The van der Waals surface area contributed by atoms with E-state index in [1.165, 1.54) is 0 Å². The number of hydrogen-bond donors (Lipinski definition) is 6. The number of aliphatic hydroxyl groups is 2. The number of carboxylic acid groups (broad SMARTS) is 1. The number of ether oxygens (including phenoxy) is 2. The van der Waals surface area contributed by atoms with E-state index in [1.807, 2.05) is 0 Å². The Balaban J connectivity index is 1.72. The first kappa shape index (κ1) is 30.4. The molecule has 0 aromatic heterocycles. The Hall–Kier alpha value is -2.15. The maximum atomic E-state index is 13.4. The number of likely N-dealkylation sites (N-methyl/N-ethyl adjacent to an activating group) is 1. The molecule has 3 amide bonds. The number of aliphatic hydroxyl groups excluding tert-OH is 1. The molecule has 2 saturated heterocycles. The Labute approximate surface area is 228 Å². The highest BCUT2D eigenvalue weighted by Gasteiger charge is 2.43. The number of benzene rings is 1. The average Bonchev–Trinajstić information content (AvgIpc) is 2.91. The van der Waals surface area contributed by atoms with Gasteiger partial charge in [0, 0.05) is 37.9 Å². The van der Waals surface area contributed by atoms with E-state index >= 15 is 0 Å². The lowest BCUT2D eigenvalue weighted by Crippen LogP contribution is -2.59. The second kappa shape index (κ2) is 14.9. The van der Waals surface area contributed by atoms with Crippen LogP contribution in [-0.2, 0) is 15.1 Å². The summed E-state index contributed by atoms with van der Waals surface area (Å²) < 4.78 is 11.6. The molecule has 1 aromatic rings. The van der Waals surface area contributed by atoms with Crippen molar-refractivity contribution in [2.45, 2.75) is 56.0 Å². The molecule has 0 radical (unpaired) electrons. The summed E-state index contributed by atoms with van der Waals surface area (Å²) in [5, 5.41) is 40.2. The van der Waals surface area contributed by atoms with Gasteiger partial charge < -0.3 is 45.6 Å². The van der Waals surface area contributed by atoms with E-state index in [2.05, 4.69) is 16.0 Å². The van der Waals surface area contributed by atoms with Crippen molar-refractivity contribution >= 4 is 23.7 Å². The zero-order valence-electron chi connectivity index (χ0n) is 21.9. The van der Waals surface area contributed by atoms with Crippen LogP contribution in [0.5, 0.6) is 0 Å². The summed E-state index contributed by atoms with van der Waals surface area (Å²) in [5.41, 5.74) is -0.971. The Bertz CT molecular complexity index is 904. The predicted octanol–water partition coefficient (Wildman–Crippen LogP) is 1.75. The lowest BCUT2D eigenvalue weighted by Gasteiger charge is -2.43. The summed E-state index contributed by atoms with van der Waals surface area (Å²) in [6.45, 7) is 2.51. The van der Waals surface area contributed by atoms with Gasteiger partial charge in [0.15, 0.2) is 0 Å². The predicted molar refractivity (Wildman–Crippen MR) is 142 cm³/mol. The third kappa shape index (κ3) is 8.69. The van der Waals surface area contributed by atoms with E-state index in [-0.39, 0.29) is 38.1 Å². The molecule has 1 aromatic carbocycles. The van der Waals surface area contributed by atoms with Crippen LogP contribution in [0.1, 0.15) is 37.7 Å². The van der Waals surface area contributed by atoms with Gasteiger partial charge in [-0.2, -0.15) is 0 Å². The van der Waals surface area contributed by atoms with Crippen LogP contribution in [-0.4, -0.2) is 104 Å². The summed E-state index contributed by atoms with van der Waals surface area (Å²) in [6, 6.07) is 6.04. The molecule has 0 aliphatic carbocycles. The quantitative estimate of drug-likeness (QED) is 0.213. The Morgan fingerprint density at radius 1 is 1.32 bits per heavy atom. The molecule has 2 aliphatic heterocycles. The lowest BCUT2D eigenvalue weighted by atomic mass is 9.83. The van der Waals surface area contributed by atoms with E-state index in [0.29, 0.717) is 43.1 Å². The molecule has 3 rings (SSSR count). The van der Waals surface area contributed by atoms with Gasteiger partial charge in [0.2, 0.25) is 0 Å². The first-order chi connectivity index (χ1) is 18.2. The lowest BCUT2D eigenvalue weighted by molar-refractivity contribution is -0.146. The third-order valence-corrected chi connectivity index (χ3v) is 7.49. The fourth-order valence-electron chi connectivity index (χ4n) is 5.19. The number of rotatable bonds is 12. The van der Waals surface area contributed by atoms with Gasteiger partial charge in [-0.1, -0.05) is 23.7 Å². The van der Waals surface area contributed by atoms with Crippen LogP contribution >= 0.6 is 11.6 Å². The molecule has 12 heteroatoms. The minimum absolute atomic E-state index is 0.114. The molecule has 2 fully saturated rings. The summed E-state index contributed by atoms with van der Waals surface area (Å²) in [5.74, 6) is 0.255. The molecule has 5 atom stereocenters. The standard InChI is InChI=1S/C26H41ClN4O7/c1-28-15-22(32)21(13-18-5-3-11-37-17-18)30-24(33)31-10-12-38-23(16-31)26(36,8-4-9-29-25(34)35)19-6-2-7-20(27)14-19/h2,6-7,14,18,21-23,28-29,32,36H,3-5,8-13,15-17H2,1H3,(H,30,33)(H,34,35)/t18-,21-,22+,23+,26+/m0/s1. The largest absolute Gasteiger partial charge is 0.465 e. The van der Waals surface area contributed by atoms with E-state index in [0.717, 1.165) is 19.4 Å². The van der Waals surface area contributed by atoms with Crippen molar-refractivity contribution in [1.82, 2.24) is 20.9 Å². The second-order valence-electron chi connectivity index (χ2n) is 10.1. The number of amides is 3. The van der Waals surface area contributed by atoms with Gasteiger partial charge in [-0.05, 0) is 62.8 Å². The number of carbonyl (C=O) groups is 2. The minimum atomic E-state index is -1.51. The normalized spacial score (nSPS) is 23.2. The van der Waals surface area contributed by atoms with Gasteiger partial charge >= 0.3 is 12.1 Å². The van der Waals surface area contributed by atoms with Crippen LogP contribution in [0.4, 0.5) is 9.59 Å². The molecular formula is C26H41ClN4O7. The average molecular weight is 557 g/mol. The summed E-state index contributed by atoms with van der Waals surface area (Å²) >= 11 is 6.21. The first-order valence-corrected chi connectivity index (χ1v) is 13.6. The van der Waals surface area contributed by atoms with Crippen molar-refractivity contribution in [3.63, 3.8) is 0 Å². The van der Waals surface area contributed by atoms with Crippen LogP contribution in [0.3, 0.4) is 0 Å². The molecule has 11 nitrogen and oxygen atoms in total. The van der Waals surface area contributed by atoms with Crippen LogP contribution in [0.15, 0.2) is 24.3 Å². The van der Waals surface area contributed by atoms with Gasteiger partial charge in [0.1, 0.15) is 11.7 Å². The number of nitrogens with zero attached hydrogens (tertiary/aromatic N) is 1. The maximum Gasteiger partial charge on any atom is 0.404 e. The topological polar surface area (TPSA) is 153 Å². The molecule has 2 aliphatic rings. The van der Waals surface area contributed by atoms with E-state index in [4.69, 9.17) is 26.2 Å². The summed E-state index contributed by atoms with van der Waals surface area (Å²) in [7, 11) is 1.75. The Morgan fingerprint density at radius 3 is 2.82 bits per heavy atom. The summed E-state index contributed by atoms with van der Waals surface area (Å²) in [4.78, 5) is 25.8. The smallest absolute Gasteiger partial charge is 0.404 e. The number of urea groups is 1. The molecule has 2 heterocycles. The monoisotopic (exact) mass is 556 g/mol. The molecular weight excluding hydrogens is 516 g/mol. The molecule has 6 N–H and O–H groups in total. The van der Waals surface area contributed by atoms with Crippen molar-refractivity contribution < 1.29 is 34.4 Å². The molecule has 38 heavy (non-hydrogen) atoms. The zero-order chi connectivity index (χ0) is 27.5. The van der Waals surface area contributed by atoms with Crippen molar-refractivity contribution in [3.8, 4) is 0 Å². The SMILES string of the molecule is CNC[C@@H](O)[C@H](C[C@@H]1CCCOC1)NC(=O)N1CCO[C@@H]([C@@](O)(CCCNC(=O)O)c2cccc(Cl)c2)C1. The maximum absolute atomic E-state index is 13.4. The molecule has 214 valence electrons. The van der Waals surface area contributed by atoms with Gasteiger partial charge in [-0.3, -0.25) is 0 Å². The fourth-order valence-corrected chi connectivity index (χ4v) is 5.38. The van der Waals surface area contributed by atoms with Crippen molar-refractivity contribution in [1.29, 1.82) is 0 Å². The zero-order valence-corrected chi connectivity index (χ0v) is 22.7. The Kier molecular flexibility index (Phi) is 11.9. The van der Waals surface area contributed by atoms with Gasteiger partial charge in [0.25, 0.3) is 0 Å². The highest BCUT2D eigenvalue weighted by molar-refractivity contribution is 6.30. The van der Waals surface area contributed by atoms with Crippen LogP contribution in [0.25, 0.3) is 0 Å². The third-order valence-electron chi connectivity index (χ3n) is 7.25. The number of carbonyl (C=O) groups excluding carboxylic acids is 1. The van der Waals surface area contributed by atoms with Crippen LogP contribution in [0, 0.1) is 5.92 Å². The van der Waals surface area contributed by atoms with Crippen molar-refractivity contribution in [2.75, 3.05) is 53.0 Å². The molecule has 0 bridgehead atoms. The molecule has 0 spiro atoms. The number of morpholine rings is 1. The second-order valence-corrected chi connectivity index (χ2v) is 10.5. The van der Waals surface area contributed by atoms with Crippen molar-refractivity contribution in [3.05, 3.63) is 34.9 Å². The van der Waals surface area contributed by atoms with E-state index < -0.39 is 29.9 Å². The fraction of sp³-hybridized carbons (Fsp3) is 0.692. The Morgan fingerprint density at radius 2 is 2.13 bits per heavy atom. The molecule has 0 unspecified atom stereocenters. The highest BCUT2D eigenvalue weighted by Crippen LogP contribution is 2.35. The van der Waals surface area contributed by atoms with Crippen LogP contribution < -0.4 is 16.0 Å². The van der Waals surface area contributed by atoms with Gasteiger partial charge in [-0.15, -0.1) is 0 Å². The van der Waals surface area contributed by atoms with E-state index in [9.17, 15) is 19.8 Å². The number of halogens is 1. The number of nitrogens with one attached hydrogen (secondary N) is 3.